The Bertz CT molecular complexity index is 666. The maximum absolute atomic E-state index is 12.2. The Morgan fingerprint density at radius 1 is 1.11 bits per heavy atom. The molecule has 0 radical (unpaired) electrons. The Hall–Kier alpha value is -1.59. The van der Waals surface area contributed by atoms with Gasteiger partial charge in [-0.2, -0.15) is 0 Å². The molecule has 0 aliphatic rings. The molecule has 18 heavy (non-hydrogen) atoms. The first-order valence-electron chi connectivity index (χ1n) is 5.83. The van der Waals surface area contributed by atoms with E-state index in [2.05, 4.69) is 4.72 Å². The van der Waals surface area contributed by atoms with E-state index in [1.807, 2.05) is 13.0 Å². The topological polar surface area (TPSA) is 72.2 Å². The zero-order chi connectivity index (χ0) is 13.2. The SMILES string of the molecule is CCCNS(=O)(=O)c1cccc2c(N)cccc12. The van der Waals surface area contributed by atoms with E-state index >= 15 is 0 Å². The number of fused-ring (bicyclic) bond motifs is 1. The summed E-state index contributed by atoms with van der Waals surface area (Å²) in [4.78, 5) is 0.278. The number of rotatable bonds is 4. The van der Waals surface area contributed by atoms with Crippen LogP contribution in [0.25, 0.3) is 10.8 Å². The minimum Gasteiger partial charge on any atom is -0.398 e. The third-order valence-electron chi connectivity index (χ3n) is 2.75. The van der Waals surface area contributed by atoms with E-state index < -0.39 is 10.0 Å². The third-order valence-corrected chi connectivity index (χ3v) is 4.27. The van der Waals surface area contributed by atoms with Gasteiger partial charge in [0.2, 0.25) is 10.0 Å². The second kappa shape index (κ2) is 4.96. The fourth-order valence-corrected chi connectivity index (χ4v) is 3.21. The minimum absolute atomic E-state index is 0.278. The van der Waals surface area contributed by atoms with Crippen molar-refractivity contribution >= 4 is 26.5 Å². The van der Waals surface area contributed by atoms with E-state index in [4.69, 9.17) is 5.73 Å². The van der Waals surface area contributed by atoms with Gasteiger partial charge in [-0.15, -0.1) is 0 Å². The average Bonchev–Trinajstić information content (AvgIpc) is 2.36. The molecular weight excluding hydrogens is 248 g/mol. The normalized spacial score (nSPS) is 11.8. The highest BCUT2D eigenvalue weighted by Gasteiger charge is 2.16. The van der Waals surface area contributed by atoms with E-state index in [0.29, 0.717) is 17.6 Å². The monoisotopic (exact) mass is 264 g/mol. The lowest BCUT2D eigenvalue weighted by Crippen LogP contribution is -2.24. The Balaban J connectivity index is 2.62. The second-order valence-electron chi connectivity index (χ2n) is 4.10. The molecule has 0 heterocycles. The van der Waals surface area contributed by atoms with Crippen LogP contribution in [0.3, 0.4) is 0 Å². The van der Waals surface area contributed by atoms with Crippen molar-refractivity contribution in [3.63, 3.8) is 0 Å². The van der Waals surface area contributed by atoms with Crippen molar-refractivity contribution in [3.05, 3.63) is 36.4 Å². The molecule has 0 fully saturated rings. The van der Waals surface area contributed by atoms with Crippen LogP contribution >= 0.6 is 0 Å². The van der Waals surface area contributed by atoms with Crippen molar-refractivity contribution in [1.29, 1.82) is 0 Å². The van der Waals surface area contributed by atoms with Crippen LogP contribution in [0.5, 0.6) is 0 Å². The molecule has 0 bridgehead atoms. The summed E-state index contributed by atoms with van der Waals surface area (Å²) in [7, 11) is -3.47. The smallest absolute Gasteiger partial charge is 0.241 e. The highest BCUT2D eigenvalue weighted by Crippen LogP contribution is 2.26. The van der Waals surface area contributed by atoms with Crippen LogP contribution in [0.15, 0.2) is 41.3 Å². The molecule has 3 N–H and O–H groups in total. The molecule has 2 aromatic carbocycles. The zero-order valence-corrected chi connectivity index (χ0v) is 11.0. The molecule has 0 aromatic heterocycles. The van der Waals surface area contributed by atoms with Crippen molar-refractivity contribution in [2.75, 3.05) is 12.3 Å². The van der Waals surface area contributed by atoms with Crippen LogP contribution < -0.4 is 10.5 Å². The van der Waals surface area contributed by atoms with Gasteiger partial charge in [-0.1, -0.05) is 31.2 Å². The first-order chi connectivity index (χ1) is 8.56. The number of hydrogen-bond acceptors (Lipinski definition) is 3. The van der Waals surface area contributed by atoms with Gasteiger partial charge >= 0.3 is 0 Å². The minimum atomic E-state index is -3.47. The summed E-state index contributed by atoms with van der Waals surface area (Å²) in [6, 6.07) is 10.4. The van der Waals surface area contributed by atoms with Gasteiger partial charge in [-0.25, -0.2) is 13.1 Å². The first-order valence-corrected chi connectivity index (χ1v) is 7.31. The molecule has 0 unspecified atom stereocenters. The van der Waals surface area contributed by atoms with E-state index in [0.717, 1.165) is 11.8 Å². The zero-order valence-electron chi connectivity index (χ0n) is 10.2. The molecule has 4 nitrogen and oxygen atoms in total. The molecule has 0 saturated carbocycles. The summed E-state index contributed by atoms with van der Waals surface area (Å²) in [5.74, 6) is 0. The first kappa shape index (κ1) is 12.9. The third kappa shape index (κ3) is 2.32. The molecule has 96 valence electrons. The van der Waals surface area contributed by atoms with Gasteiger partial charge in [0.1, 0.15) is 0 Å². The van der Waals surface area contributed by atoms with Crippen molar-refractivity contribution in [2.24, 2.45) is 0 Å². The Morgan fingerprint density at radius 3 is 2.50 bits per heavy atom. The number of nitrogen functional groups attached to an aromatic ring is 1. The Morgan fingerprint density at radius 2 is 1.78 bits per heavy atom. The van der Waals surface area contributed by atoms with Gasteiger partial charge in [0, 0.05) is 23.0 Å². The number of nitrogens with two attached hydrogens (primary N) is 1. The summed E-state index contributed by atoms with van der Waals surface area (Å²) >= 11 is 0. The number of anilines is 1. The maximum atomic E-state index is 12.2. The number of nitrogens with one attached hydrogen (secondary N) is 1. The molecule has 0 spiro atoms. The van der Waals surface area contributed by atoms with Gasteiger partial charge < -0.3 is 5.73 Å². The van der Waals surface area contributed by atoms with Crippen molar-refractivity contribution in [3.8, 4) is 0 Å². The molecule has 5 heteroatoms. The average molecular weight is 264 g/mol. The summed E-state index contributed by atoms with van der Waals surface area (Å²) in [5.41, 5.74) is 6.44. The molecular formula is C13H16N2O2S. The van der Waals surface area contributed by atoms with E-state index in [9.17, 15) is 8.42 Å². The van der Waals surface area contributed by atoms with Crippen LogP contribution in [-0.4, -0.2) is 15.0 Å². The predicted molar refractivity (Wildman–Crippen MR) is 73.8 cm³/mol. The Labute approximate surface area is 107 Å². The lowest BCUT2D eigenvalue weighted by Gasteiger charge is -2.09. The van der Waals surface area contributed by atoms with Crippen molar-refractivity contribution in [2.45, 2.75) is 18.2 Å². The fraction of sp³-hybridized carbons (Fsp3) is 0.231. The van der Waals surface area contributed by atoms with E-state index in [1.54, 1.807) is 30.3 Å². The summed E-state index contributed by atoms with van der Waals surface area (Å²) < 4.78 is 26.9. The highest BCUT2D eigenvalue weighted by molar-refractivity contribution is 7.89. The quantitative estimate of drug-likeness (QED) is 0.831. The van der Waals surface area contributed by atoms with Gasteiger partial charge in [0.15, 0.2) is 0 Å². The van der Waals surface area contributed by atoms with Crippen LogP contribution in [0, 0.1) is 0 Å². The number of sulfonamides is 1. The number of hydrogen-bond donors (Lipinski definition) is 2. The van der Waals surface area contributed by atoms with Gasteiger partial charge in [-0.3, -0.25) is 0 Å². The van der Waals surface area contributed by atoms with E-state index in [1.165, 1.54) is 0 Å². The van der Waals surface area contributed by atoms with Crippen LogP contribution in [0.1, 0.15) is 13.3 Å². The molecule has 0 atom stereocenters. The maximum Gasteiger partial charge on any atom is 0.241 e. The molecule has 0 aliphatic carbocycles. The summed E-state index contributed by atoms with van der Waals surface area (Å²) in [5, 5.41) is 1.41. The van der Waals surface area contributed by atoms with Gasteiger partial charge in [-0.05, 0) is 18.6 Å². The lowest BCUT2D eigenvalue weighted by molar-refractivity contribution is 0.581. The fourth-order valence-electron chi connectivity index (χ4n) is 1.85. The summed E-state index contributed by atoms with van der Waals surface area (Å²) in [6.07, 6.45) is 0.756. The van der Waals surface area contributed by atoms with E-state index in [-0.39, 0.29) is 4.90 Å². The van der Waals surface area contributed by atoms with Crippen LogP contribution in [-0.2, 0) is 10.0 Å². The largest absolute Gasteiger partial charge is 0.398 e. The van der Waals surface area contributed by atoms with Crippen LogP contribution in [0.4, 0.5) is 5.69 Å². The standard InChI is InChI=1S/C13H16N2O2S/c1-2-9-15-18(16,17)13-8-4-5-10-11(13)6-3-7-12(10)14/h3-8,15H,2,9,14H2,1H3. The molecule has 2 aromatic rings. The van der Waals surface area contributed by atoms with Crippen LogP contribution in [0.2, 0.25) is 0 Å². The van der Waals surface area contributed by atoms with Crippen molar-refractivity contribution < 1.29 is 8.42 Å². The molecule has 0 aliphatic heterocycles. The molecule has 2 rings (SSSR count). The predicted octanol–water partition coefficient (Wildman–Crippen LogP) is 2.11. The lowest BCUT2D eigenvalue weighted by atomic mass is 10.1. The molecule has 0 amide bonds. The summed E-state index contributed by atoms with van der Waals surface area (Å²) in [6.45, 7) is 2.35. The number of benzene rings is 2. The Kier molecular flexibility index (Phi) is 3.54. The second-order valence-corrected chi connectivity index (χ2v) is 5.83. The molecule has 0 saturated heterocycles. The van der Waals surface area contributed by atoms with Gasteiger partial charge in [0.05, 0.1) is 4.90 Å². The van der Waals surface area contributed by atoms with Crippen molar-refractivity contribution in [1.82, 2.24) is 4.72 Å². The van der Waals surface area contributed by atoms with Gasteiger partial charge in [0.25, 0.3) is 0 Å². The highest BCUT2D eigenvalue weighted by atomic mass is 32.2.